The predicted molar refractivity (Wildman–Crippen MR) is 425 cm³/mol. The lowest BCUT2D eigenvalue weighted by Crippen LogP contribution is -2.68. The number of aromatic nitrogens is 6. The van der Waals surface area contributed by atoms with Crippen LogP contribution in [0.2, 0.25) is 0 Å². The van der Waals surface area contributed by atoms with Crippen molar-refractivity contribution in [2.45, 2.75) is 461 Å². The minimum Gasteiger partial charge on any atom is -0.334 e. The van der Waals surface area contributed by atoms with E-state index in [1.165, 1.54) is 40.5 Å². The lowest BCUT2D eigenvalue weighted by molar-refractivity contribution is -0.251. The van der Waals surface area contributed by atoms with Gasteiger partial charge in [0, 0.05) is 151 Å². The van der Waals surface area contributed by atoms with E-state index in [0.717, 1.165) is 0 Å². The second kappa shape index (κ2) is 27.4. The number of hydroxylamine groups is 16. The van der Waals surface area contributed by atoms with Crippen LogP contribution >= 0.6 is 0 Å². The zero-order valence-corrected chi connectivity index (χ0v) is 73.5. The third-order valence-electron chi connectivity index (χ3n) is 27.2. The predicted octanol–water partition coefficient (Wildman–Crippen LogP) is 14.1. The molecule has 8 aliphatic rings. The molecule has 8 fully saturated rings. The highest BCUT2D eigenvalue weighted by Gasteiger charge is 2.59. The van der Waals surface area contributed by atoms with Crippen molar-refractivity contribution in [2.24, 2.45) is 0 Å². The van der Waals surface area contributed by atoms with Crippen LogP contribution in [0.15, 0.2) is 0 Å². The van der Waals surface area contributed by atoms with Crippen LogP contribution in [-0.4, -0.2) is 263 Å². The van der Waals surface area contributed by atoms with E-state index in [-0.39, 0.29) is 60.2 Å². The zero-order chi connectivity index (χ0) is 81.7. The molecule has 0 atom stereocenters. The van der Waals surface area contributed by atoms with Gasteiger partial charge in [-0.1, -0.05) is 0 Å². The van der Waals surface area contributed by atoms with Crippen molar-refractivity contribution in [1.29, 1.82) is 0 Å². The monoisotopic (exact) mass is 1520 g/mol. The van der Waals surface area contributed by atoms with Crippen LogP contribution in [-0.2, 0) is 0 Å². The number of hydrogen-bond acceptors (Lipinski definition) is 28. The Morgan fingerprint density at radius 2 is 0.269 bits per heavy atom. The highest BCUT2D eigenvalue weighted by atomic mass is 16.5. The molecule has 2 aromatic heterocycles. The molecule has 8 N–H and O–H groups in total. The Bertz CT molecular complexity index is 2820. The van der Waals surface area contributed by atoms with E-state index in [2.05, 4.69) is 241 Å². The molecule has 0 bridgehead atoms. The van der Waals surface area contributed by atoms with E-state index >= 15 is 0 Å². The first-order valence-corrected chi connectivity index (χ1v) is 40.6. The average molecular weight is 1520 g/mol. The summed E-state index contributed by atoms with van der Waals surface area (Å²) in [6, 6.07) is -2.02. The van der Waals surface area contributed by atoms with Crippen LogP contribution in [0.3, 0.4) is 0 Å². The van der Waals surface area contributed by atoms with Crippen LogP contribution in [0.1, 0.15) is 324 Å². The largest absolute Gasteiger partial charge is 0.334 e. The SMILES string of the molecule is CN(c1nc(N(C2CC(C)(C)N(O)C(C)(C)C2)C2CC(C)(C)N(O)C(C)(C)C2)nc(N(C2CC(C)(C)N(O)C(C)(C)C2)C2CC(C)(C)N(O)C(C)(C)C2)n1)N(C)c1nc(N(C2CC(C)(C)N(O)C(C)(C)C2)C2CC(C)(C)N(O)C(C)(C)C2)nc(N(C2CC(C)(C)N(O)C(C)(C)C2)C2CC(C)(C)N(O)C(C)(C)C2)n1. The van der Waals surface area contributed by atoms with Crippen molar-refractivity contribution in [2.75, 3.05) is 43.7 Å². The first-order chi connectivity index (χ1) is 48.5. The van der Waals surface area contributed by atoms with E-state index in [4.69, 9.17) is 29.9 Å². The Labute approximate surface area is 649 Å². The third-order valence-corrected chi connectivity index (χ3v) is 27.2. The number of hydrazine groups is 1. The molecule has 0 spiro atoms. The normalized spacial score (nSPS) is 29.4. The molecule has 0 radical (unpaired) electrons. The quantitative estimate of drug-likeness (QED) is 0.0769. The Kier molecular flexibility index (Phi) is 22.0. The van der Waals surface area contributed by atoms with E-state index in [0.29, 0.717) is 127 Å². The summed E-state index contributed by atoms with van der Waals surface area (Å²) < 4.78 is 0. The maximum atomic E-state index is 12.2. The third kappa shape index (κ3) is 15.9. The van der Waals surface area contributed by atoms with Crippen molar-refractivity contribution >= 4 is 35.7 Å². The van der Waals surface area contributed by atoms with Gasteiger partial charge in [-0.15, -0.1) is 0 Å². The van der Waals surface area contributed by atoms with Crippen LogP contribution in [0.25, 0.3) is 0 Å². The molecule has 0 amide bonds. The molecule has 0 saturated carbocycles. The highest BCUT2D eigenvalue weighted by molar-refractivity contribution is 5.56. The van der Waals surface area contributed by atoms with Crippen molar-refractivity contribution in [3.63, 3.8) is 0 Å². The highest BCUT2D eigenvalue weighted by Crippen LogP contribution is 2.53. The lowest BCUT2D eigenvalue weighted by atomic mass is 9.74. The molecule has 108 heavy (non-hydrogen) atoms. The molecule has 8 aliphatic heterocycles. The van der Waals surface area contributed by atoms with Gasteiger partial charge in [0.2, 0.25) is 23.8 Å². The Morgan fingerprint density at radius 1 is 0.185 bits per heavy atom. The van der Waals surface area contributed by atoms with Crippen molar-refractivity contribution in [3.05, 3.63) is 0 Å². The van der Waals surface area contributed by atoms with Crippen molar-refractivity contribution < 1.29 is 41.7 Å². The number of piperidine rings is 8. The van der Waals surface area contributed by atoms with Gasteiger partial charge >= 0.3 is 0 Å². The number of rotatable bonds is 15. The molecule has 28 heteroatoms. The fourth-order valence-corrected chi connectivity index (χ4v) is 23.5. The van der Waals surface area contributed by atoms with E-state index < -0.39 is 88.6 Å². The molecular formula is C80H150N20O8. The molecule has 10 heterocycles. The summed E-state index contributed by atoms with van der Waals surface area (Å²) in [4.78, 5) is 44.9. The topological polar surface area (TPSA) is 285 Å². The van der Waals surface area contributed by atoms with Crippen LogP contribution in [0, 0.1) is 0 Å². The second-order valence-corrected chi connectivity index (χ2v) is 45.1. The Balaban J connectivity index is 1.30. The summed E-state index contributed by atoms with van der Waals surface area (Å²) in [5, 5.41) is 113. The second-order valence-electron chi connectivity index (χ2n) is 45.1. The molecule has 28 nitrogen and oxygen atoms in total. The van der Waals surface area contributed by atoms with Gasteiger partial charge < -0.3 is 61.3 Å². The summed E-state index contributed by atoms with van der Waals surface area (Å²) in [6.45, 7) is 66.9. The van der Waals surface area contributed by atoms with E-state index in [1.807, 2.05) is 24.1 Å². The number of hydrogen-bond donors (Lipinski definition) is 8. The first-order valence-electron chi connectivity index (χ1n) is 40.6. The molecule has 0 aliphatic carbocycles. The van der Waals surface area contributed by atoms with Crippen LogP contribution in [0.5, 0.6) is 0 Å². The van der Waals surface area contributed by atoms with Gasteiger partial charge in [0.25, 0.3) is 11.9 Å². The fourth-order valence-electron chi connectivity index (χ4n) is 23.5. The fraction of sp³-hybridized carbons (Fsp3) is 0.925. The molecular weight excluding hydrogens is 1370 g/mol. The molecule has 10 rings (SSSR count). The summed E-state index contributed by atoms with van der Waals surface area (Å²) in [5.41, 5.74) is -11.4. The van der Waals surface area contributed by atoms with Crippen LogP contribution < -0.4 is 29.6 Å². The minimum atomic E-state index is -0.710. The van der Waals surface area contributed by atoms with Gasteiger partial charge in [0.1, 0.15) is 0 Å². The van der Waals surface area contributed by atoms with Crippen LogP contribution in [0.4, 0.5) is 35.7 Å². The van der Waals surface area contributed by atoms with Gasteiger partial charge in [-0.2, -0.15) is 70.4 Å². The van der Waals surface area contributed by atoms with Gasteiger partial charge in [0.15, 0.2) is 0 Å². The molecule has 618 valence electrons. The Hall–Kier alpha value is -3.82. The van der Waals surface area contributed by atoms with Crippen molar-refractivity contribution in [3.8, 4) is 0 Å². The van der Waals surface area contributed by atoms with Gasteiger partial charge in [-0.3, -0.25) is 10.0 Å². The molecule has 8 saturated heterocycles. The standard InChI is InChI=1S/C80H150N20O8/c1-65(2)35-51(36-66(3,4)93(65)101)89(52-37-67(5,6)94(102)68(7,8)38-52)61-81-59(82-62(85-61)90(53-39-69(9,10)95(103)70(11,12)40-53)54-41-71(13,14)96(104)72(15,16)42-54)87(33)88(34)60-83-63(91(55-43-73(17,18)97(105)74(19,20)44-55)56-45-75(21,22)98(106)76(23,24)46-56)86-64(84-60)92(57-47-77(25,26)99(107)78(27,28)48-57)58-49-79(29,30)100(108)80(31,32)50-58/h51-58,101-108H,35-50H2,1-34H3. The number of anilines is 6. The summed E-state index contributed by atoms with van der Waals surface area (Å²) >= 11 is 0. The van der Waals surface area contributed by atoms with E-state index in [9.17, 15) is 41.7 Å². The first kappa shape index (κ1) is 86.6. The zero-order valence-electron chi connectivity index (χ0n) is 73.5. The van der Waals surface area contributed by atoms with Crippen molar-refractivity contribution in [1.82, 2.24) is 70.4 Å². The maximum Gasteiger partial charge on any atom is 0.251 e. The molecule has 2 aromatic rings. The van der Waals surface area contributed by atoms with Gasteiger partial charge in [-0.25, -0.2) is 0 Å². The summed E-state index contributed by atoms with van der Waals surface area (Å²) in [6.07, 6.45) is 8.60. The summed E-state index contributed by atoms with van der Waals surface area (Å²) in [7, 11) is 3.90. The van der Waals surface area contributed by atoms with Gasteiger partial charge in [-0.05, 0) is 324 Å². The van der Waals surface area contributed by atoms with E-state index in [1.54, 1.807) is 0 Å². The van der Waals surface area contributed by atoms with Gasteiger partial charge in [0.05, 0.1) is 0 Å². The summed E-state index contributed by atoms with van der Waals surface area (Å²) in [5.74, 6) is 2.29. The molecule has 0 unspecified atom stereocenters. The minimum absolute atomic E-state index is 0.253. The Morgan fingerprint density at radius 3 is 0.361 bits per heavy atom. The average Bonchev–Trinajstić information content (AvgIpc) is 0.739. The molecule has 0 aromatic carbocycles. The number of nitrogens with zero attached hydrogens (tertiary/aromatic N) is 20. The lowest BCUT2D eigenvalue weighted by Gasteiger charge is -2.59. The smallest absolute Gasteiger partial charge is 0.251 e. The maximum absolute atomic E-state index is 12.2.